The molecule has 1 aromatic carbocycles. The Morgan fingerprint density at radius 3 is 2.41 bits per heavy atom. The van der Waals surface area contributed by atoms with Crippen molar-refractivity contribution < 1.29 is 0 Å². The van der Waals surface area contributed by atoms with Crippen molar-refractivity contribution in [1.82, 2.24) is 9.55 Å². The second kappa shape index (κ2) is 5.58. The van der Waals surface area contributed by atoms with E-state index in [-0.39, 0.29) is 5.04 Å². The van der Waals surface area contributed by atoms with Gasteiger partial charge in [-0.25, -0.2) is 4.98 Å². The first-order valence-electron chi connectivity index (χ1n) is 7.90. The summed E-state index contributed by atoms with van der Waals surface area (Å²) in [5, 5.41) is 0.289. The van der Waals surface area contributed by atoms with Gasteiger partial charge in [0.15, 0.2) is 0 Å². The van der Waals surface area contributed by atoms with E-state index in [0.717, 1.165) is 17.7 Å². The van der Waals surface area contributed by atoms with Crippen LogP contribution >= 0.6 is 0 Å². The molecule has 0 saturated heterocycles. The van der Waals surface area contributed by atoms with Crippen LogP contribution in [-0.2, 0) is 13.5 Å². The quantitative estimate of drug-likeness (QED) is 0.694. The summed E-state index contributed by atoms with van der Waals surface area (Å²) in [5.74, 6) is 0. The Hall–Kier alpha value is -1.55. The third kappa shape index (κ3) is 2.97. The van der Waals surface area contributed by atoms with E-state index in [1.54, 1.807) is 0 Å². The number of rotatable bonds is 3. The number of benzene rings is 1. The third-order valence-corrected chi connectivity index (χ3v) is 10.6. The molecule has 1 aromatic heterocycles. The Balaban J connectivity index is 2.34. The molecule has 0 amide bonds. The van der Waals surface area contributed by atoms with E-state index >= 15 is 0 Å². The average molecular weight is 316 g/mol. The molecule has 120 valence electrons. The number of aryl methyl sites for hydroxylation is 1. The van der Waals surface area contributed by atoms with Crippen molar-refractivity contribution in [3.05, 3.63) is 41.2 Å². The summed E-state index contributed by atoms with van der Waals surface area (Å²) in [6.45, 7) is 13.8. The van der Waals surface area contributed by atoms with Crippen molar-refractivity contribution >= 4 is 19.2 Å². The van der Waals surface area contributed by atoms with Gasteiger partial charge in [0.2, 0.25) is 0 Å². The van der Waals surface area contributed by atoms with Crippen LogP contribution in [0, 0.1) is 6.92 Å². The molecule has 22 heavy (non-hydrogen) atoms. The van der Waals surface area contributed by atoms with Crippen LogP contribution in [0.4, 0.5) is 5.69 Å². The Bertz CT molecular complexity index is 678. The monoisotopic (exact) mass is 315 g/mol. The summed E-state index contributed by atoms with van der Waals surface area (Å²) in [5.41, 5.74) is 11.8. The van der Waals surface area contributed by atoms with E-state index in [9.17, 15) is 0 Å². The molecule has 0 unspecified atom stereocenters. The van der Waals surface area contributed by atoms with Gasteiger partial charge in [0.25, 0.3) is 0 Å². The zero-order valence-electron chi connectivity index (χ0n) is 15.0. The van der Waals surface area contributed by atoms with Crippen LogP contribution in [0.3, 0.4) is 0 Å². The molecule has 2 aromatic rings. The zero-order chi connectivity index (χ0) is 16.7. The summed E-state index contributed by atoms with van der Waals surface area (Å²) in [7, 11) is 0.534. The Morgan fingerprint density at radius 1 is 1.23 bits per heavy atom. The van der Waals surface area contributed by atoms with Gasteiger partial charge in [0.1, 0.15) is 8.07 Å². The number of nitrogens with zero attached hydrogens (tertiary/aromatic N) is 2. The number of nitrogen functional groups attached to an aromatic ring is 1. The SMILES string of the molecule is Cc1ccc(Cc2cnc([Si](C)(C)C(C)(C)C)n2C)cc1N. The van der Waals surface area contributed by atoms with E-state index in [2.05, 4.69) is 63.7 Å². The highest BCUT2D eigenvalue weighted by molar-refractivity contribution is 6.91. The van der Waals surface area contributed by atoms with Crippen LogP contribution in [-0.4, -0.2) is 17.6 Å². The highest BCUT2D eigenvalue weighted by Gasteiger charge is 2.40. The van der Waals surface area contributed by atoms with E-state index in [1.807, 2.05) is 13.1 Å². The van der Waals surface area contributed by atoms with Gasteiger partial charge in [0.05, 0.1) is 5.45 Å². The van der Waals surface area contributed by atoms with Crippen LogP contribution in [0.2, 0.25) is 18.1 Å². The van der Waals surface area contributed by atoms with Crippen molar-refractivity contribution in [2.24, 2.45) is 7.05 Å². The maximum atomic E-state index is 6.03. The molecule has 1 heterocycles. The second-order valence-electron chi connectivity index (χ2n) is 7.87. The highest BCUT2D eigenvalue weighted by atomic mass is 28.3. The van der Waals surface area contributed by atoms with E-state index < -0.39 is 8.07 Å². The zero-order valence-corrected chi connectivity index (χ0v) is 16.0. The summed E-state index contributed by atoms with van der Waals surface area (Å²) in [6.07, 6.45) is 2.91. The maximum Gasteiger partial charge on any atom is 0.131 e. The van der Waals surface area contributed by atoms with Crippen molar-refractivity contribution in [2.45, 2.75) is 52.2 Å². The molecule has 0 aliphatic heterocycles. The largest absolute Gasteiger partial charge is 0.399 e. The van der Waals surface area contributed by atoms with Crippen LogP contribution in [0.5, 0.6) is 0 Å². The fraction of sp³-hybridized carbons (Fsp3) is 0.500. The molecule has 2 rings (SSSR count). The van der Waals surface area contributed by atoms with Crippen molar-refractivity contribution in [1.29, 1.82) is 0 Å². The number of aromatic nitrogens is 2. The lowest BCUT2D eigenvalue weighted by molar-refractivity contribution is 0.721. The molecule has 0 atom stereocenters. The molecule has 3 nitrogen and oxygen atoms in total. The Morgan fingerprint density at radius 2 is 1.86 bits per heavy atom. The fourth-order valence-electron chi connectivity index (χ4n) is 2.53. The summed E-state index contributed by atoms with van der Waals surface area (Å²) in [4.78, 5) is 4.78. The van der Waals surface area contributed by atoms with Crippen LogP contribution < -0.4 is 11.2 Å². The molecule has 2 N–H and O–H groups in total. The van der Waals surface area contributed by atoms with Crippen molar-refractivity contribution in [2.75, 3.05) is 5.73 Å². The number of imidazole rings is 1. The molecule has 0 radical (unpaired) electrons. The summed E-state index contributed by atoms with van der Waals surface area (Å²) in [6, 6.07) is 6.33. The molecule has 4 heteroatoms. The minimum Gasteiger partial charge on any atom is -0.399 e. The number of anilines is 1. The van der Waals surface area contributed by atoms with Crippen LogP contribution in [0.15, 0.2) is 24.4 Å². The second-order valence-corrected chi connectivity index (χ2v) is 13.1. The maximum absolute atomic E-state index is 6.03. The molecule has 0 bridgehead atoms. The van der Waals surface area contributed by atoms with Crippen LogP contribution in [0.25, 0.3) is 0 Å². The average Bonchev–Trinajstić information content (AvgIpc) is 2.75. The van der Waals surface area contributed by atoms with E-state index in [0.29, 0.717) is 0 Å². The van der Waals surface area contributed by atoms with Gasteiger partial charge < -0.3 is 10.3 Å². The van der Waals surface area contributed by atoms with E-state index in [4.69, 9.17) is 10.7 Å². The first-order valence-corrected chi connectivity index (χ1v) is 10.9. The van der Waals surface area contributed by atoms with Crippen LogP contribution in [0.1, 0.15) is 37.6 Å². The van der Waals surface area contributed by atoms with Gasteiger partial charge in [-0.2, -0.15) is 0 Å². The standard InChI is InChI=1S/C18H29N3Si/c1-13-8-9-14(11-16(13)19)10-15-12-20-17(21(15)5)22(6,7)18(2,3)4/h8-9,11-12H,10,19H2,1-7H3. The molecule has 0 fully saturated rings. The topological polar surface area (TPSA) is 43.8 Å². The van der Waals surface area contributed by atoms with Gasteiger partial charge in [0, 0.05) is 31.0 Å². The number of hydrogen-bond donors (Lipinski definition) is 1. The minimum absolute atomic E-state index is 0.289. The van der Waals surface area contributed by atoms with Gasteiger partial charge in [-0.05, 0) is 29.2 Å². The van der Waals surface area contributed by atoms with Gasteiger partial charge in [-0.15, -0.1) is 0 Å². The lowest BCUT2D eigenvalue weighted by Gasteiger charge is -2.36. The Kier molecular flexibility index (Phi) is 4.26. The minimum atomic E-state index is -1.61. The lowest BCUT2D eigenvalue weighted by atomic mass is 10.1. The van der Waals surface area contributed by atoms with E-state index in [1.165, 1.54) is 16.7 Å². The normalized spacial score (nSPS) is 12.7. The smallest absolute Gasteiger partial charge is 0.131 e. The third-order valence-electron chi connectivity index (χ3n) is 5.25. The molecule has 0 aliphatic carbocycles. The first-order chi connectivity index (χ1) is 10.0. The number of hydrogen-bond acceptors (Lipinski definition) is 2. The predicted octanol–water partition coefficient (Wildman–Crippen LogP) is 3.62. The fourth-order valence-corrected chi connectivity index (χ4v) is 4.57. The van der Waals surface area contributed by atoms with Crippen molar-refractivity contribution in [3.8, 4) is 0 Å². The molecule has 0 spiro atoms. The summed E-state index contributed by atoms with van der Waals surface area (Å²) >= 11 is 0. The lowest BCUT2D eigenvalue weighted by Crippen LogP contribution is -2.53. The first kappa shape index (κ1) is 16.8. The van der Waals surface area contributed by atoms with Crippen molar-refractivity contribution in [3.63, 3.8) is 0 Å². The van der Waals surface area contributed by atoms with Gasteiger partial charge in [-0.3, -0.25) is 0 Å². The molecular weight excluding hydrogens is 286 g/mol. The summed E-state index contributed by atoms with van der Waals surface area (Å²) < 4.78 is 2.30. The molecule has 0 saturated carbocycles. The predicted molar refractivity (Wildman–Crippen MR) is 98.4 cm³/mol. The van der Waals surface area contributed by atoms with Gasteiger partial charge >= 0.3 is 0 Å². The highest BCUT2D eigenvalue weighted by Crippen LogP contribution is 2.35. The molecular formula is C18H29N3Si. The molecule has 0 aliphatic rings. The number of nitrogens with two attached hydrogens (primary N) is 1. The Labute approximate surface area is 135 Å². The van der Waals surface area contributed by atoms with Gasteiger partial charge in [-0.1, -0.05) is 46.0 Å².